The van der Waals surface area contributed by atoms with Crippen LogP contribution in [0.1, 0.15) is 27.5 Å². The second kappa shape index (κ2) is 12.2. The molecule has 3 aromatic carbocycles. The molecule has 184 valence electrons. The summed E-state index contributed by atoms with van der Waals surface area (Å²) in [5.74, 6) is 1.13. The number of hydrogen-bond donors (Lipinski definition) is 1. The zero-order valence-corrected chi connectivity index (χ0v) is 20.2. The van der Waals surface area contributed by atoms with E-state index in [1.54, 1.807) is 26.4 Å². The summed E-state index contributed by atoms with van der Waals surface area (Å²) in [4.78, 5) is 15.7. The summed E-state index contributed by atoms with van der Waals surface area (Å²) in [6, 6.07) is 23.1. The Morgan fingerprint density at radius 2 is 1.54 bits per heavy atom. The van der Waals surface area contributed by atoms with E-state index >= 15 is 0 Å². The molecule has 1 fully saturated rings. The van der Waals surface area contributed by atoms with Gasteiger partial charge in [0, 0.05) is 25.2 Å². The van der Waals surface area contributed by atoms with Crippen molar-refractivity contribution in [3.05, 3.63) is 89.5 Å². The van der Waals surface area contributed by atoms with Gasteiger partial charge in [-0.2, -0.15) is 0 Å². The molecule has 7 heteroatoms. The Bertz CT molecular complexity index is 1060. The predicted molar refractivity (Wildman–Crippen MR) is 134 cm³/mol. The quantitative estimate of drug-likeness (QED) is 0.476. The average molecular weight is 477 g/mol. The van der Waals surface area contributed by atoms with Crippen molar-refractivity contribution in [2.75, 3.05) is 47.1 Å². The second-order valence-corrected chi connectivity index (χ2v) is 8.33. The number of carbonyl (C=O) groups excluding carboxylic acids is 1. The molecule has 1 amide bonds. The number of methoxy groups -OCH3 is 2. The third-order valence-corrected chi connectivity index (χ3v) is 6.00. The van der Waals surface area contributed by atoms with E-state index < -0.39 is 0 Å². The summed E-state index contributed by atoms with van der Waals surface area (Å²) in [7, 11) is 3.11. The van der Waals surface area contributed by atoms with Gasteiger partial charge in [0.05, 0.1) is 33.5 Å². The summed E-state index contributed by atoms with van der Waals surface area (Å²) in [6.07, 6.45) is 0. The van der Waals surface area contributed by atoms with E-state index in [0.717, 1.165) is 24.2 Å². The van der Waals surface area contributed by atoms with E-state index in [4.69, 9.17) is 18.9 Å². The number of nitrogens with one attached hydrogen (secondary N) is 1. The van der Waals surface area contributed by atoms with Gasteiger partial charge >= 0.3 is 0 Å². The van der Waals surface area contributed by atoms with Crippen LogP contribution in [0, 0.1) is 0 Å². The van der Waals surface area contributed by atoms with Gasteiger partial charge in [0.25, 0.3) is 5.91 Å². The first kappa shape index (κ1) is 24.6. The molecule has 35 heavy (non-hydrogen) atoms. The summed E-state index contributed by atoms with van der Waals surface area (Å²) in [5, 5.41) is 3.20. The van der Waals surface area contributed by atoms with Crippen LogP contribution in [0.2, 0.25) is 0 Å². The highest BCUT2D eigenvalue weighted by molar-refractivity contribution is 5.96. The summed E-state index contributed by atoms with van der Waals surface area (Å²) < 4.78 is 22.6. The van der Waals surface area contributed by atoms with E-state index in [1.807, 2.05) is 60.7 Å². The van der Waals surface area contributed by atoms with Gasteiger partial charge < -0.3 is 24.3 Å². The van der Waals surface area contributed by atoms with Gasteiger partial charge in [-0.15, -0.1) is 0 Å². The number of rotatable bonds is 10. The van der Waals surface area contributed by atoms with Gasteiger partial charge in [0.15, 0.2) is 11.5 Å². The van der Waals surface area contributed by atoms with Crippen molar-refractivity contribution >= 4 is 5.91 Å². The Kier molecular flexibility index (Phi) is 8.59. The van der Waals surface area contributed by atoms with Crippen molar-refractivity contribution in [1.82, 2.24) is 10.2 Å². The zero-order valence-electron chi connectivity index (χ0n) is 20.2. The number of nitrogens with zero attached hydrogens (tertiary/aromatic N) is 1. The van der Waals surface area contributed by atoms with Crippen molar-refractivity contribution in [3.63, 3.8) is 0 Å². The van der Waals surface area contributed by atoms with Crippen LogP contribution in [0.5, 0.6) is 17.2 Å². The average Bonchev–Trinajstić information content (AvgIpc) is 2.92. The number of ether oxygens (including phenoxy) is 4. The Labute approximate surface area is 206 Å². The van der Waals surface area contributed by atoms with Gasteiger partial charge in [-0.1, -0.05) is 60.7 Å². The fourth-order valence-electron chi connectivity index (χ4n) is 4.09. The first-order valence-corrected chi connectivity index (χ1v) is 11.8. The fraction of sp³-hybridized carbons (Fsp3) is 0.321. The second-order valence-electron chi connectivity index (χ2n) is 8.33. The van der Waals surface area contributed by atoms with Crippen molar-refractivity contribution in [3.8, 4) is 17.2 Å². The molecule has 7 nitrogen and oxygen atoms in total. The molecule has 1 saturated heterocycles. The predicted octanol–water partition coefficient (Wildman–Crippen LogP) is 4.09. The van der Waals surface area contributed by atoms with Crippen LogP contribution in [0.15, 0.2) is 72.8 Å². The van der Waals surface area contributed by atoms with Gasteiger partial charge in [0.2, 0.25) is 5.75 Å². The fourth-order valence-corrected chi connectivity index (χ4v) is 4.09. The van der Waals surface area contributed by atoms with E-state index in [1.165, 1.54) is 0 Å². The standard InChI is InChI=1S/C28H32N2O5/c1-32-25-17-23(18-26(33-2)27(25)35-20-21-9-5-3-6-10-21)28(31)29-24(22-11-7-4-8-12-22)19-30-13-15-34-16-14-30/h3-12,17-18,24H,13-16,19-20H2,1-2H3,(H,29,31)/t24-/m1/s1. The van der Waals surface area contributed by atoms with Crippen LogP contribution in [0.25, 0.3) is 0 Å². The molecule has 0 saturated carbocycles. The van der Waals surface area contributed by atoms with E-state index in [2.05, 4.69) is 10.2 Å². The third kappa shape index (κ3) is 6.53. The minimum Gasteiger partial charge on any atom is -0.493 e. The summed E-state index contributed by atoms with van der Waals surface area (Å²) in [6.45, 7) is 4.14. The smallest absolute Gasteiger partial charge is 0.252 e. The zero-order chi connectivity index (χ0) is 24.5. The molecular formula is C28H32N2O5. The van der Waals surface area contributed by atoms with Crippen LogP contribution >= 0.6 is 0 Å². The molecule has 0 unspecified atom stereocenters. The number of amides is 1. The van der Waals surface area contributed by atoms with Crippen LogP contribution in [0.4, 0.5) is 0 Å². The minimum atomic E-state index is -0.210. The topological polar surface area (TPSA) is 69.3 Å². The Balaban J connectivity index is 1.54. The van der Waals surface area contributed by atoms with Gasteiger partial charge in [-0.3, -0.25) is 9.69 Å². The van der Waals surface area contributed by atoms with Gasteiger partial charge in [0.1, 0.15) is 6.61 Å². The first-order valence-electron chi connectivity index (χ1n) is 11.8. The first-order chi connectivity index (χ1) is 17.2. The molecule has 1 aliphatic rings. The Morgan fingerprint density at radius 1 is 0.943 bits per heavy atom. The minimum absolute atomic E-state index is 0.173. The molecule has 3 aromatic rings. The van der Waals surface area contributed by atoms with Crippen molar-refractivity contribution in [2.24, 2.45) is 0 Å². The summed E-state index contributed by atoms with van der Waals surface area (Å²) in [5.41, 5.74) is 2.51. The highest BCUT2D eigenvalue weighted by Crippen LogP contribution is 2.39. The molecule has 1 N–H and O–H groups in total. The maximum absolute atomic E-state index is 13.4. The van der Waals surface area contributed by atoms with Crippen LogP contribution in [-0.2, 0) is 11.3 Å². The van der Waals surface area contributed by atoms with Crippen LogP contribution in [-0.4, -0.2) is 57.9 Å². The molecule has 0 aromatic heterocycles. The summed E-state index contributed by atoms with van der Waals surface area (Å²) >= 11 is 0. The molecule has 1 aliphatic heterocycles. The van der Waals surface area contributed by atoms with Crippen molar-refractivity contribution in [1.29, 1.82) is 0 Å². The Hall–Kier alpha value is -3.55. The number of benzene rings is 3. The van der Waals surface area contributed by atoms with Crippen molar-refractivity contribution < 1.29 is 23.7 Å². The third-order valence-electron chi connectivity index (χ3n) is 6.00. The van der Waals surface area contributed by atoms with Crippen molar-refractivity contribution in [2.45, 2.75) is 12.6 Å². The van der Waals surface area contributed by atoms with E-state index in [0.29, 0.717) is 49.2 Å². The van der Waals surface area contributed by atoms with Crippen LogP contribution in [0.3, 0.4) is 0 Å². The lowest BCUT2D eigenvalue weighted by Crippen LogP contribution is -2.43. The van der Waals surface area contributed by atoms with E-state index in [9.17, 15) is 4.79 Å². The molecule has 0 bridgehead atoms. The van der Waals surface area contributed by atoms with E-state index in [-0.39, 0.29) is 11.9 Å². The Morgan fingerprint density at radius 3 is 2.14 bits per heavy atom. The normalized spacial score (nSPS) is 14.7. The molecule has 0 spiro atoms. The number of morpholine rings is 1. The highest BCUT2D eigenvalue weighted by atomic mass is 16.5. The monoisotopic (exact) mass is 476 g/mol. The highest BCUT2D eigenvalue weighted by Gasteiger charge is 2.23. The number of hydrogen-bond acceptors (Lipinski definition) is 6. The SMILES string of the molecule is COc1cc(C(=O)N[C@H](CN2CCOCC2)c2ccccc2)cc(OC)c1OCc1ccccc1. The largest absolute Gasteiger partial charge is 0.493 e. The molecule has 1 heterocycles. The molecule has 1 atom stereocenters. The molecule has 4 rings (SSSR count). The van der Waals surface area contributed by atoms with Gasteiger partial charge in [-0.05, 0) is 23.3 Å². The molecular weight excluding hydrogens is 444 g/mol. The van der Waals surface area contributed by atoms with Crippen LogP contribution < -0.4 is 19.5 Å². The lowest BCUT2D eigenvalue weighted by atomic mass is 10.0. The number of carbonyl (C=O) groups is 1. The maximum atomic E-state index is 13.4. The van der Waals surface area contributed by atoms with Gasteiger partial charge in [-0.25, -0.2) is 0 Å². The molecule has 0 radical (unpaired) electrons. The maximum Gasteiger partial charge on any atom is 0.252 e. The molecule has 0 aliphatic carbocycles. The lowest BCUT2D eigenvalue weighted by molar-refractivity contribution is 0.0332. The lowest BCUT2D eigenvalue weighted by Gasteiger charge is -2.31.